The molecule has 0 radical (unpaired) electrons. The Balaban J connectivity index is 3.68. The highest BCUT2D eigenvalue weighted by Gasteiger charge is 2.24. The summed E-state index contributed by atoms with van der Waals surface area (Å²) in [5, 5.41) is -0.249. The molecule has 3 nitrogen and oxygen atoms in total. The fourth-order valence-electron chi connectivity index (χ4n) is 0.889. The molecule has 0 saturated carbocycles. The van der Waals surface area contributed by atoms with E-state index in [1.807, 2.05) is 0 Å². The number of halogens is 4. The van der Waals surface area contributed by atoms with E-state index in [2.05, 4.69) is 4.72 Å². The predicted octanol–water partition coefficient (Wildman–Crippen LogP) is 3.21. The highest BCUT2D eigenvalue weighted by atomic mass is 35.5. The van der Waals surface area contributed by atoms with Gasteiger partial charge in [-0.15, -0.1) is 0 Å². The first-order chi connectivity index (χ1) is 6.81. The minimum absolute atomic E-state index is 0.0277. The Bertz CT molecular complexity index is 474. The quantitative estimate of drug-likeness (QED) is 0.853. The monoisotopic (exact) mass is 307 g/mol. The van der Waals surface area contributed by atoms with Crippen LogP contribution in [0, 0.1) is 0 Å². The van der Waals surface area contributed by atoms with Crippen molar-refractivity contribution in [2.24, 2.45) is 0 Å². The van der Waals surface area contributed by atoms with Crippen LogP contribution in [-0.4, -0.2) is 15.5 Å². The number of nitrogens with one attached hydrogen (secondary N) is 1. The number of sulfonamides is 1. The molecule has 0 spiro atoms. The smallest absolute Gasteiger partial charge is 0.214 e. The lowest BCUT2D eigenvalue weighted by Crippen LogP contribution is -2.19. The maximum Gasteiger partial charge on any atom is 0.243 e. The molecule has 0 saturated heterocycles. The van der Waals surface area contributed by atoms with Crippen molar-refractivity contribution < 1.29 is 8.42 Å². The Morgan fingerprint density at radius 1 is 1.07 bits per heavy atom. The van der Waals surface area contributed by atoms with Crippen molar-refractivity contribution in [2.75, 3.05) is 7.05 Å². The number of benzene rings is 1. The van der Waals surface area contributed by atoms with Gasteiger partial charge >= 0.3 is 0 Å². The second-order valence-electron chi connectivity index (χ2n) is 2.50. The van der Waals surface area contributed by atoms with Crippen LogP contribution < -0.4 is 4.72 Å². The van der Waals surface area contributed by atoms with E-state index in [0.717, 1.165) is 0 Å². The topological polar surface area (TPSA) is 46.2 Å². The fourth-order valence-corrected chi connectivity index (χ4v) is 3.32. The van der Waals surface area contributed by atoms with Crippen molar-refractivity contribution in [1.29, 1.82) is 0 Å². The first-order valence-electron chi connectivity index (χ1n) is 3.57. The van der Waals surface area contributed by atoms with Gasteiger partial charge < -0.3 is 0 Å². The molecule has 0 aliphatic carbocycles. The van der Waals surface area contributed by atoms with E-state index < -0.39 is 10.0 Å². The van der Waals surface area contributed by atoms with Crippen molar-refractivity contribution in [2.45, 2.75) is 4.90 Å². The largest absolute Gasteiger partial charge is 0.243 e. The summed E-state index contributed by atoms with van der Waals surface area (Å²) in [6.07, 6.45) is 0. The van der Waals surface area contributed by atoms with Crippen LogP contribution in [0.3, 0.4) is 0 Å². The maximum absolute atomic E-state index is 11.5. The molecule has 0 unspecified atom stereocenters. The van der Waals surface area contributed by atoms with E-state index in [4.69, 9.17) is 46.4 Å². The summed E-state index contributed by atoms with van der Waals surface area (Å²) in [5.41, 5.74) is 0. The van der Waals surface area contributed by atoms with Crippen LogP contribution in [0.4, 0.5) is 0 Å². The van der Waals surface area contributed by atoms with E-state index in [-0.39, 0.29) is 25.0 Å². The molecule has 8 heteroatoms. The predicted molar refractivity (Wildman–Crippen MR) is 62.7 cm³/mol. The summed E-state index contributed by atoms with van der Waals surface area (Å²) in [6, 6.07) is 1.28. The molecule has 0 amide bonds. The van der Waals surface area contributed by atoms with Gasteiger partial charge in [-0.25, -0.2) is 13.1 Å². The van der Waals surface area contributed by atoms with Gasteiger partial charge in [0.1, 0.15) is 4.90 Å². The summed E-state index contributed by atoms with van der Waals surface area (Å²) in [4.78, 5) is -0.314. The van der Waals surface area contributed by atoms with Gasteiger partial charge in [-0.1, -0.05) is 46.4 Å². The third-order valence-electron chi connectivity index (χ3n) is 1.61. The molecule has 1 aromatic carbocycles. The zero-order valence-electron chi connectivity index (χ0n) is 7.31. The highest BCUT2D eigenvalue weighted by molar-refractivity contribution is 7.89. The Labute approximate surface area is 107 Å². The minimum atomic E-state index is -3.79. The third kappa shape index (κ3) is 2.52. The van der Waals surface area contributed by atoms with Gasteiger partial charge in [-0.05, 0) is 13.1 Å². The van der Waals surface area contributed by atoms with Crippen LogP contribution in [0.25, 0.3) is 0 Å². The van der Waals surface area contributed by atoms with Crippen LogP contribution in [0.15, 0.2) is 11.0 Å². The number of hydrogen-bond donors (Lipinski definition) is 1. The third-order valence-corrected chi connectivity index (χ3v) is 4.89. The Kier molecular flexibility index (Phi) is 4.14. The van der Waals surface area contributed by atoms with Crippen molar-refractivity contribution in [3.63, 3.8) is 0 Å². The van der Waals surface area contributed by atoms with Gasteiger partial charge in [-0.2, -0.15) is 0 Å². The van der Waals surface area contributed by atoms with E-state index in [1.165, 1.54) is 13.1 Å². The van der Waals surface area contributed by atoms with Gasteiger partial charge in [-0.3, -0.25) is 0 Å². The van der Waals surface area contributed by atoms with Crippen LogP contribution >= 0.6 is 46.4 Å². The Morgan fingerprint density at radius 3 is 1.80 bits per heavy atom. The zero-order valence-corrected chi connectivity index (χ0v) is 11.2. The molecule has 84 valence electrons. The molecule has 1 aromatic rings. The molecule has 0 bridgehead atoms. The fraction of sp³-hybridized carbons (Fsp3) is 0.143. The van der Waals surface area contributed by atoms with Crippen molar-refractivity contribution in [3.8, 4) is 0 Å². The molecule has 1 N–H and O–H groups in total. The number of hydrogen-bond acceptors (Lipinski definition) is 2. The second kappa shape index (κ2) is 4.65. The average Bonchev–Trinajstić information content (AvgIpc) is 2.15. The summed E-state index contributed by atoms with van der Waals surface area (Å²) in [5.74, 6) is 0. The SMILES string of the molecule is CNS(=O)(=O)c1c(Cl)c(Cl)cc(Cl)c1Cl. The molecule has 0 fully saturated rings. The van der Waals surface area contributed by atoms with Gasteiger partial charge in [0, 0.05) is 0 Å². The van der Waals surface area contributed by atoms with Crippen LogP contribution in [0.5, 0.6) is 0 Å². The summed E-state index contributed by atoms with van der Waals surface area (Å²) in [6.45, 7) is 0. The molecule has 0 atom stereocenters. The standard InChI is InChI=1S/C7H5Cl4NO2S/c1-12-15(13,14)7-5(10)3(8)2-4(9)6(7)11/h2,12H,1H3. The van der Waals surface area contributed by atoms with Gasteiger partial charge in [0.15, 0.2) is 0 Å². The summed E-state index contributed by atoms with van der Waals surface area (Å²) in [7, 11) is -2.55. The lowest BCUT2D eigenvalue weighted by Gasteiger charge is -2.09. The van der Waals surface area contributed by atoms with Gasteiger partial charge in [0.05, 0.1) is 20.1 Å². The maximum atomic E-state index is 11.5. The first kappa shape index (κ1) is 13.4. The summed E-state index contributed by atoms with van der Waals surface area (Å²) < 4.78 is 25.2. The Hall–Kier alpha value is 0.290. The van der Waals surface area contributed by atoms with Gasteiger partial charge in [0.2, 0.25) is 10.0 Å². The van der Waals surface area contributed by atoms with Crippen molar-refractivity contribution in [3.05, 3.63) is 26.2 Å². The highest BCUT2D eigenvalue weighted by Crippen LogP contribution is 2.39. The van der Waals surface area contributed by atoms with Crippen LogP contribution in [0.1, 0.15) is 0 Å². The van der Waals surface area contributed by atoms with E-state index in [9.17, 15) is 8.42 Å². The lowest BCUT2D eigenvalue weighted by molar-refractivity contribution is 0.588. The number of rotatable bonds is 2. The average molecular weight is 309 g/mol. The molecule has 0 aliphatic rings. The summed E-state index contributed by atoms with van der Waals surface area (Å²) >= 11 is 22.9. The van der Waals surface area contributed by atoms with E-state index in [1.54, 1.807) is 0 Å². The van der Waals surface area contributed by atoms with Gasteiger partial charge in [0.25, 0.3) is 0 Å². The zero-order chi connectivity index (χ0) is 11.8. The van der Waals surface area contributed by atoms with Crippen LogP contribution in [-0.2, 0) is 10.0 Å². The lowest BCUT2D eigenvalue weighted by atomic mass is 10.3. The molecule has 15 heavy (non-hydrogen) atoms. The normalized spacial score (nSPS) is 11.8. The van der Waals surface area contributed by atoms with E-state index >= 15 is 0 Å². The molecular weight excluding hydrogens is 304 g/mol. The second-order valence-corrected chi connectivity index (χ2v) is 5.90. The first-order valence-corrected chi connectivity index (χ1v) is 6.57. The molecule has 0 heterocycles. The van der Waals surface area contributed by atoms with Crippen LogP contribution in [0.2, 0.25) is 20.1 Å². The molecule has 0 aromatic heterocycles. The molecule has 1 rings (SSSR count). The van der Waals surface area contributed by atoms with Crippen molar-refractivity contribution >= 4 is 56.4 Å². The van der Waals surface area contributed by atoms with E-state index in [0.29, 0.717) is 0 Å². The minimum Gasteiger partial charge on any atom is -0.214 e. The Morgan fingerprint density at radius 2 is 1.47 bits per heavy atom. The molecular formula is C7H5Cl4NO2S. The molecule has 0 aliphatic heterocycles. The van der Waals surface area contributed by atoms with Crippen molar-refractivity contribution in [1.82, 2.24) is 4.72 Å².